The molecule has 0 amide bonds. The molecule has 0 heterocycles. The van der Waals surface area contributed by atoms with Crippen LogP contribution in [0.2, 0.25) is 0 Å². The minimum Gasteiger partial charge on any atom is -0.489 e. The van der Waals surface area contributed by atoms with Crippen LogP contribution in [-0.4, -0.2) is 73.3 Å². The molecule has 0 aliphatic rings. The van der Waals surface area contributed by atoms with E-state index < -0.39 is 0 Å². The van der Waals surface area contributed by atoms with Crippen molar-refractivity contribution < 1.29 is 39.4 Å². The average Bonchev–Trinajstić information content (AvgIpc) is 3.40. The van der Waals surface area contributed by atoms with E-state index >= 15 is 0 Å². The highest BCUT2D eigenvalue weighted by atomic mass is 16.5. The topological polar surface area (TPSA) is 118 Å². The number of benzene rings is 4. The lowest BCUT2D eigenvalue weighted by Crippen LogP contribution is -2.07. The smallest absolute Gasteiger partial charge is 0.169 e. The monoisotopic (exact) mass is 1000 g/mol. The molecule has 4 aromatic carbocycles. The molecule has 4 rings (SSSR count). The standard InChI is InChI=1S/C64H106O8/c65-47-33-25-17-9-1-5-13-21-29-37-51-69-61-55-43-41-45-57-59(55)60-56(62(61)70-52-38-30-22-14-6-2-10-18-26-34-48-66)44-42-46-58(60)64(72-54-40-32-24-16-8-4-12-20-28-36-50-68)63(57)71-53-39-31-23-15-7-3-11-19-27-35-49-67/h41-46,65-68H,1-40,47-54H2. The Bertz CT molecular complexity index is 1600. The van der Waals surface area contributed by atoms with Gasteiger partial charge >= 0.3 is 0 Å². The summed E-state index contributed by atoms with van der Waals surface area (Å²) >= 11 is 0. The molecule has 0 fully saturated rings. The summed E-state index contributed by atoms with van der Waals surface area (Å²) in [7, 11) is 0. The average molecular weight is 1000 g/mol. The minimum atomic E-state index is 0.315. The Morgan fingerprint density at radius 1 is 0.208 bits per heavy atom. The van der Waals surface area contributed by atoms with Crippen molar-refractivity contribution in [2.24, 2.45) is 0 Å². The number of ether oxygens (including phenoxy) is 4. The number of hydrogen-bond donors (Lipinski definition) is 4. The van der Waals surface area contributed by atoms with Crippen LogP contribution in [0.5, 0.6) is 23.0 Å². The predicted molar refractivity (Wildman–Crippen MR) is 305 cm³/mol. The van der Waals surface area contributed by atoms with Gasteiger partial charge in [-0.2, -0.15) is 0 Å². The van der Waals surface area contributed by atoms with Crippen LogP contribution in [0.25, 0.3) is 32.3 Å². The number of aliphatic hydroxyl groups excluding tert-OH is 4. The maximum Gasteiger partial charge on any atom is 0.169 e. The quantitative estimate of drug-likeness (QED) is 0.0255. The number of hydrogen-bond acceptors (Lipinski definition) is 8. The first-order valence-corrected chi connectivity index (χ1v) is 30.5. The summed E-state index contributed by atoms with van der Waals surface area (Å²) in [6, 6.07) is 13.3. The van der Waals surface area contributed by atoms with Crippen molar-refractivity contribution in [3.8, 4) is 23.0 Å². The predicted octanol–water partition coefficient (Wildman–Crippen LogP) is 17.7. The first-order chi connectivity index (χ1) is 35.8. The lowest BCUT2D eigenvalue weighted by atomic mass is 9.91. The first-order valence-electron chi connectivity index (χ1n) is 30.5. The molecule has 0 aliphatic carbocycles. The summed E-state index contributed by atoms with van der Waals surface area (Å²) < 4.78 is 27.8. The fourth-order valence-electron chi connectivity index (χ4n) is 10.7. The fraction of sp³-hybridized carbons (Fsp3) is 0.750. The molecule has 72 heavy (non-hydrogen) atoms. The maximum absolute atomic E-state index is 9.08. The number of aliphatic hydroxyl groups is 4. The molecule has 0 saturated carbocycles. The highest BCUT2D eigenvalue weighted by Gasteiger charge is 2.26. The van der Waals surface area contributed by atoms with Crippen LogP contribution < -0.4 is 18.9 Å². The van der Waals surface area contributed by atoms with Crippen LogP contribution in [0.15, 0.2) is 36.4 Å². The van der Waals surface area contributed by atoms with Crippen molar-refractivity contribution in [1.82, 2.24) is 0 Å². The van der Waals surface area contributed by atoms with Crippen molar-refractivity contribution in [3.63, 3.8) is 0 Å². The van der Waals surface area contributed by atoms with Crippen molar-refractivity contribution in [2.75, 3.05) is 52.9 Å². The van der Waals surface area contributed by atoms with Crippen molar-refractivity contribution in [2.45, 2.75) is 257 Å². The first kappa shape index (κ1) is 61.5. The van der Waals surface area contributed by atoms with E-state index in [2.05, 4.69) is 36.4 Å². The molecule has 8 heteroatoms. The molecule has 0 aliphatic heterocycles. The molecule has 0 bridgehead atoms. The maximum atomic E-state index is 9.08. The van der Waals surface area contributed by atoms with Crippen molar-refractivity contribution in [3.05, 3.63) is 36.4 Å². The van der Waals surface area contributed by atoms with E-state index in [4.69, 9.17) is 39.4 Å². The molecular formula is C64H106O8. The number of rotatable bonds is 52. The summed E-state index contributed by atoms with van der Waals surface area (Å²) in [5.41, 5.74) is 0. The summed E-state index contributed by atoms with van der Waals surface area (Å²) in [6.45, 7) is 3.89. The van der Waals surface area contributed by atoms with Gasteiger partial charge in [0.05, 0.1) is 26.4 Å². The van der Waals surface area contributed by atoms with E-state index in [9.17, 15) is 0 Å². The Morgan fingerprint density at radius 3 is 0.528 bits per heavy atom. The van der Waals surface area contributed by atoms with E-state index in [-0.39, 0.29) is 0 Å². The molecule has 0 atom stereocenters. The molecule has 410 valence electrons. The van der Waals surface area contributed by atoms with Crippen molar-refractivity contribution in [1.29, 1.82) is 0 Å². The third-order valence-electron chi connectivity index (χ3n) is 15.0. The van der Waals surface area contributed by atoms with Gasteiger partial charge in [0.1, 0.15) is 0 Å². The Kier molecular flexibility index (Phi) is 36.1. The lowest BCUT2D eigenvalue weighted by Gasteiger charge is -2.24. The third kappa shape index (κ3) is 24.5. The van der Waals surface area contributed by atoms with Gasteiger partial charge in [-0.05, 0) is 51.4 Å². The van der Waals surface area contributed by atoms with Gasteiger partial charge in [-0.15, -0.1) is 0 Å². The largest absolute Gasteiger partial charge is 0.489 e. The van der Waals surface area contributed by atoms with Gasteiger partial charge in [-0.3, -0.25) is 0 Å². The van der Waals surface area contributed by atoms with Gasteiger partial charge < -0.3 is 39.4 Å². The Hall–Kier alpha value is -3.04. The highest BCUT2D eigenvalue weighted by molar-refractivity contribution is 6.29. The van der Waals surface area contributed by atoms with Gasteiger partial charge in [0, 0.05) is 58.7 Å². The Balaban J connectivity index is 1.50. The van der Waals surface area contributed by atoms with Gasteiger partial charge in [0.25, 0.3) is 0 Å². The minimum absolute atomic E-state index is 0.315. The Labute approximate surface area is 439 Å². The molecule has 4 N–H and O–H groups in total. The molecule has 0 radical (unpaired) electrons. The van der Waals surface area contributed by atoms with E-state index in [0.29, 0.717) is 52.9 Å². The van der Waals surface area contributed by atoms with Gasteiger partial charge in [-0.25, -0.2) is 0 Å². The SMILES string of the molecule is OCCCCCCCCCCCCOc1c(OCCCCCCCCCCCCO)c2cccc3c(OCCCCCCCCCCCCO)c(OCCCCCCCCCCCCO)c4cccc1c4c23. The third-order valence-corrected chi connectivity index (χ3v) is 15.0. The van der Waals surface area contributed by atoms with Gasteiger partial charge in [0.2, 0.25) is 0 Å². The second-order valence-electron chi connectivity index (χ2n) is 21.2. The normalized spacial score (nSPS) is 11.8. The second kappa shape index (κ2) is 42.2. The summed E-state index contributed by atoms with van der Waals surface area (Å²) in [5, 5.41) is 43.0. The van der Waals surface area contributed by atoms with Crippen LogP contribution in [0.4, 0.5) is 0 Å². The van der Waals surface area contributed by atoms with E-state index in [0.717, 1.165) is 147 Å². The highest BCUT2D eigenvalue weighted by Crippen LogP contribution is 2.53. The van der Waals surface area contributed by atoms with Crippen LogP contribution in [0.1, 0.15) is 257 Å². The molecule has 0 spiro atoms. The molecular weight excluding hydrogens is 897 g/mol. The Morgan fingerprint density at radius 2 is 0.361 bits per heavy atom. The summed E-state index contributed by atoms with van der Waals surface area (Å²) in [6.07, 6.45) is 47.3. The molecule has 0 unspecified atom stereocenters. The van der Waals surface area contributed by atoms with E-state index in [1.165, 1.54) is 165 Å². The van der Waals surface area contributed by atoms with Crippen LogP contribution >= 0.6 is 0 Å². The van der Waals surface area contributed by atoms with Crippen molar-refractivity contribution >= 4 is 32.3 Å². The molecule has 8 nitrogen and oxygen atoms in total. The molecule has 0 aromatic heterocycles. The van der Waals surface area contributed by atoms with Crippen LogP contribution in [0.3, 0.4) is 0 Å². The molecule has 4 aromatic rings. The van der Waals surface area contributed by atoms with Gasteiger partial charge in [-0.1, -0.05) is 242 Å². The fourth-order valence-corrected chi connectivity index (χ4v) is 10.7. The lowest BCUT2D eigenvalue weighted by molar-refractivity contribution is 0.262. The zero-order chi connectivity index (χ0) is 50.8. The van der Waals surface area contributed by atoms with Crippen LogP contribution in [-0.2, 0) is 0 Å². The molecule has 0 saturated heterocycles. The summed E-state index contributed by atoms with van der Waals surface area (Å²) in [4.78, 5) is 0. The van der Waals surface area contributed by atoms with E-state index in [1.807, 2.05) is 0 Å². The number of unbranched alkanes of at least 4 members (excludes halogenated alkanes) is 36. The second-order valence-corrected chi connectivity index (χ2v) is 21.2. The summed E-state index contributed by atoms with van der Waals surface area (Å²) in [5.74, 6) is 3.46. The van der Waals surface area contributed by atoms with E-state index in [1.54, 1.807) is 0 Å². The van der Waals surface area contributed by atoms with Crippen LogP contribution in [0, 0.1) is 0 Å². The van der Waals surface area contributed by atoms with Gasteiger partial charge in [0.15, 0.2) is 23.0 Å². The zero-order valence-electron chi connectivity index (χ0n) is 45.8. The zero-order valence-corrected chi connectivity index (χ0v) is 45.8.